The summed E-state index contributed by atoms with van der Waals surface area (Å²) in [6, 6.07) is 40.0. The predicted octanol–water partition coefficient (Wildman–Crippen LogP) is 14.0. The van der Waals surface area contributed by atoms with Crippen molar-refractivity contribution in [2.45, 2.75) is 12.4 Å². The molecule has 7 aromatic carbocycles. The lowest BCUT2D eigenvalue weighted by Gasteiger charge is -2.12. The first-order valence-corrected chi connectivity index (χ1v) is 22.0. The number of benzene rings is 7. The Kier molecular flexibility index (Phi) is 21.3. The lowest BCUT2D eigenvalue weighted by molar-refractivity contribution is -0.384. The minimum atomic E-state index is -4.64. The summed E-state index contributed by atoms with van der Waals surface area (Å²) in [6.45, 7) is 0. The zero-order chi connectivity index (χ0) is 54.8. The van der Waals surface area contributed by atoms with E-state index in [0.717, 1.165) is 30.3 Å². The Morgan fingerprint density at radius 3 is 1.18 bits per heavy atom. The summed E-state index contributed by atoms with van der Waals surface area (Å²) in [5.74, 6) is -2.08. The van der Waals surface area contributed by atoms with Crippen LogP contribution in [0.1, 0.15) is 83.6 Å². The molecule has 0 aromatic heterocycles. The van der Waals surface area contributed by atoms with Gasteiger partial charge in [-0.1, -0.05) is 66.7 Å². The number of nitrogens with one attached hydrogen (secondary N) is 3. The number of halogens is 10. The molecule has 0 aliphatic heterocycles. The number of hydrogen-bond donors (Lipinski definition) is 3. The molecule has 0 saturated heterocycles. The average Bonchev–Trinajstić information content (AvgIpc) is 3.37. The smallest absolute Gasteiger partial charge is 0.322 e. The van der Waals surface area contributed by atoms with Crippen molar-refractivity contribution in [3.05, 3.63) is 236 Å². The first-order chi connectivity index (χ1) is 34.8. The molecule has 23 heteroatoms. The van der Waals surface area contributed by atoms with Gasteiger partial charge in [-0.15, -0.1) is 0 Å². The van der Waals surface area contributed by atoms with Gasteiger partial charge in [-0.3, -0.25) is 43.7 Å². The van der Waals surface area contributed by atoms with Gasteiger partial charge in [0, 0.05) is 62.6 Å². The van der Waals surface area contributed by atoms with Crippen LogP contribution in [0.25, 0.3) is 0 Å². The molecule has 0 aliphatic rings. The van der Waals surface area contributed by atoms with E-state index in [4.69, 9.17) is 46.4 Å². The second-order valence-electron chi connectivity index (χ2n) is 14.5. The topological polar surface area (TPSA) is 199 Å². The maximum atomic E-state index is 12.9. The van der Waals surface area contributed by atoms with E-state index in [-0.39, 0.29) is 44.9 Å². The van der Waals surface area contributed by atoms with Crippen molar-refractivity contribution in [2.75, 3.05) is 16.0 Å². The Bertz CT molecular complexity index is 3200. The Morgan fingerprint density at radius 1 is 0.392 bits per heavy atom. The fraction of sp³-hybridized carbons (Fsp3) is 0.0392. The monoisotopic (exact) mass is 1100 g/mol. The van der Waals surface area contributed by atoms with Gasteiger partial charge < -0.3 is 16.0 Å². The van der Waals surface area contributed by atoms with E-state index in [9.17, 15) is 70.0 Å². The molecule has 3 amide bonds. The molecule has 0 bridgehead atoms. The minimum Gasteiger partial charge on any atom is -0.322 e. The number of carbonyl (C=O) groups excluding carboxylic acids is 7. The molecule has 0 spiro atoms. The Morgan fingerprint density at radius 2 is 0.770 bits per heavy atom. The van der Waals surface area contributed by atoms with Crippen LogP contribution in [0.15, 0.2) is 176 Å². The first kappa shape index (κ1) is 58.3. The van der Waals surface area contributed by atoms with Gasteiger partial charge in [0.1, 0.15) is 0 Å². The SMILES string of the molecule is O=C(Cl)c1cccc(NC(=O)c2ccc([N+](=O)[O-])cc2)c1.O=C(Cl)c1cccc(NC(=O)c2cccc(C(F)(F)F)c2)c1.O=C(Cl)c1cccc(NC(=O)c2ccccc2C(F)(F)F)c1.O=C(Cl)c1ccccc1. The van der Waals surface area contributed by atoms with Crippen LogP contribution >= 0.6 is 46.4 Å². The molecule has 0 atom stereocenters. The lowest BCUT2D eigenvalue weighted by Crippen LogP contribution is -2.18. The number of amides is 3. The highest BCUT2D eigenvalue weighted by Crippen LogP contribution is 2.33. The van der Waals surface area contributed by atoms with Gasteiger partial charge in [0.2, 0.25) is 0 Å². The molecule has 380 valence electrons. The van der Waals surface area contributed by atoms with Gasteiger partial charge >= 0.3 is 12.4 Å². The Balaban J connectivity index is 0.000000221. The summed E-state index contributed by atoms with van der Waals surface area (Å²) in [5.41, 5.74) is -0.474. The third kappa shape index (κ3) is 18.4. The molecule has 7 aromatic rings. The summed E-state index contributed by atoms with van der Waals surface area (Å²) in [4.78, 5) is 89.5. The molecular formula is C51H32Cl4F6N4O9. The zero-order valence-electron chi connectivity index (χ0n) is 37.1. The van der Waals surface area contributed by atoms with Crippen LogP contribution in [0.4, 0.5) is 49.1 Å². The maximum absolute atomic E-state index is 12.9. The second kappa shape index (κ2) is 27.0. The van der Waals surface area contributed by atoms with E-state index in [1.54, 1.807) is 36.4 Å². The van der Waals surface area contributed by atoms with E-state index >= 15 is 0 Å². The normalized spacial score (nSPS) is 10.5. The molecule has 3 N–H and O–H groups in total. The first-order valence-electron chi connectivity index (χ1n) is 20.5. The highest BCUT2D eigenvalue weighted by atomic mass is 35.5. The number of carbonyl (C=O) groups is 7. The third-order valence-electron chi connectivity index (χ3n) is 9.31. The highest BCUT2D eigenvalue weighted by molar-refractivity contribution is 6.68. The van der Waals surface area contributed by atoms with E-state index in [1.807, 2.05) is 6.07 Å². The van der Waals surface area contributed by atoms with E-state index in [0.29, 0.717) is 11.3 Å². The van der Waals surface area contributed by atoms with Gasteiger partial charge in [0.05, 0.1) is 21.6 Å². The van der Waals surface area contributed by atoms with Crippen molar-refractivity contribution < 1.29 is 64.8 Å². The molecule has 0 fully saturated rings. The van der Waals surface area contributed by atoms with Crippen molar-refractivity contribution in [1.82, 2.24) is 0 Å². The van der Waals surface area contributed by atoms with Crippen LogP contribution in [0, 0.1) is 10.1 Å². The highest BCUT2D eigenvalue weighted by Gasteiger charge is 2.35. The van der Waals surface area contributed by atoms with Crippen LogP contribution in [0.2, 0.25) is 0 Å². The molecule has 0 aliphatic carbocycles. The summed E-state index contributed by atoms with van der Waals surface area (Å²) in [5, 5.41) is 15.4. The quantitative estimate of drug-likeness (QED) is 0.0488. The van der Waals surface area contributed by atoms with Crippen molar-refractivity contribution in [1.29, 1.82) is 0 Å². The third-order valence-corrected chi connectivity index (χ3v) is 10.2. The standard InChI is InChI=1S/2C15H9ClF3NO2.C14H9ClN2O4.C7H5ClO/c16-13(21)9-3-2-6-12(8-9)20-14(22)10-4-1-5-11(7-10)15(17,18)19;16-13(21)9-4-3-5-10(8-9)20-14(22)11-6-1-2-7-12(11)15(17,18)19;15-13(18)10-2-1-3-11(8-10)16-14(19)9-4-6-12(7-5-9)17(20)21;8-7(9)6-4-2-1-3-5-6/h2*1-8H,(H,20,22);1-8H,(H,16,19);1-5H. The zero-order valence-corrected chi connectivity index (χ0v) is 40.2. The number of nitrogens with zero attached hydrogens (tertiary/aromatic N) is 1. The van der Waals surface area contributed by atoms with Crippen LogP contribution in [-0.2, 0) is 12.4 Å². The van der Waals surface area contributed by atoms with Crippen LogP contribution in [-0.4, -0.2) is 43.6 Å². The van der Waals surface area contributed by atoms with Gasteiger partial charge in [-0.05, 0) is 143 Å². The molecule has 0 saturated carbocycles. The fourth-order valence-electron chi connectivity index (χ4n) is 5.83. The molecule has 0 radical (unpaired) electrons. The molecule has 7 rings (SSSR count). The fourth-order valence-corrected chi connectivity index (χ4v) is 6.31. The van der Waals surface area contributed by atoms with Crippen molar-refractivity contribution >= 4 is 108 Å². The van der Waals surface area contributed by atoms with Crippen molar-refractivity contribution in [3.8, 4) is 0 Å². The van der Waals surface area contributed by atoms with Crippen LogP contribution < -0.4 is 16.0 Å². The summed E-state index contributed by atoms with van der Waals surface area (Å²) < 4.78 is 76.5. The molecule has 13 nitrogen and oxygen atoms in total. The number of nitro groups is 1. The second-order valence-corrected chi connectivity index (χ2v) is 15.9. The number of rotatable bonds is 11. The van der Waals surface area contributed by atoms with Gasteiger partial charge in [-0.25, -0.2) is 0 Å². The number of anilines is 3. The van der Waals surface area contributed by atoms with Crippen molar-refractivity contribution in [2.24, 2.45) is 0 Å². The van der Waals surface area contributed by atoms with Gasteiger partial charge in [0.25, 0.3) is 44.4 Å². The minimum absolute atomic E-state index is 0.0960. The van der Waals surface area contributed by atoms with E-state index in [2.05, 4.69) is 16.0 Å². The maximum Gasteiger partial charge on any atom is 0.417 e. The predicted molar refractivity (Wildman–Crippen MR) is 266 cm³/mol. The summed E-state index contributed by atoms with van der Waals surface area (Å²) >= 11 is 21.2. The molecule has 0 unspecified atom stereocenters. The van der Waals surface area contributed by atoms with Crippen LogP contribution in [0.5, 0.6) is 0 Å². The molecule has 0 heterocycles. The van der Waals surface area contributed by atoms with Crippen molar-refractivity contribution in [3.63, 3.8) is 0 Å². The number of hydrogen-bond acceptors (Lipinski definition) is 9. The summed E-state index contributed by atoms with van der Waals surface area (Å²) in [7, 11) is 0. The van der Waals surface area contributed by atoms with Gasteiger partial charge in [0.15, 0.2) is 0 Å². The Labute approximate surface area is 435 Å². The number of nitro benzene ring substituents is 1. The molecule has 74 heavy (non-hydrogen) atoms. The van der Waals surface area contributed by atoms with E-state index < -0.39 is 72.7 Å². The average molecular weight is 1100 g/mol. The largest absolute Gasteiger partial charge is 0.417 e. The van der Waals surface area contributed by atoms with E-state index in [1.165, 1.54) is 103 Å². The van der Waals surface area contributed by atoms with Gasteiger partial charge in [-0.2, -0.15) is 26.3 Å². The number of non-ortho nitro benzene ring substituents is 1. The van der Waals surface area contributed by atoms with Crippen LogP contribution in [0.3, 0.4) is 0 Å². The summed E-state index contributed by atoms with van der Waals surface area (Å²) in [6.07, 6.45) is -9.16. The lowest BCUT2D eigenvalue weighted by atomic mass is 10.1. The number of alkyl halides is 6. The Hall–Kier alpha value is -8.23. The molecular weight excluding hydrogens is 1070 g/mol.